The molecule has 0 bridgehead atoms. The molecule has 0 heterocycles. The summed E-state index contributed by atoms with van der Waals surface area (Å²) in [5.74, 6) is 0.207. The number of benzene rings is 1. The molecule has 1 fully saturated rings. The standard InChI is InChI=1S/C17H24ClNO2/c1-11-10-17(2,3)8-7-14(11)19-15-6-5-12(18)9-13(15)16(20)21-4/h5-6,9,11,14,19H,7-8,10H2,1-4H3. The highest BCUT2D eigenvalue weighted by molar-refractivity contribution is 6.31. The Labute approximate surface area is 132 Å². The van der Waals surface area contributed by atoms with Gasteiger partial charge in [-0.3, -0.25) is 0 Å². The van der Waals surface area contributed by atoms with E-state index in [1.807, 2.05) is 6.07 Å². The minimum Gasteiger partial charge on any atom is -0.465 e. The number of hydrogen-bond acceptors (Lipinski definition) is 3. The molecule has 0 spiro atoms. The van der Waals surface area contributed by atoms with Crippen LogP contribution in [0.2, 0.25) is 5.02 Å². The van der Waals surface area contributed by atoms with Crippen LogP contribution in [-0.2, 0) is 4.74 Å². The average Bonchev–Trinajstić information content (AvgIpc) is 2.42. The lowest BCUT2D eigenvalue weighted by Crippen LogP contribution is -2.37. The molecule has 21 heavy (non-hydrogen) atoms. The van der Waals surface area contributed by atoms with Gasteiger partial charge < -0.3 is 10.1 Å². The van der Waals surface area contributed by atoms with Crippen LogP contribution in [0, 0.1) is 11.3 Å². The third kappa shape index (κ3) is 3.91. The Morgan fingerprint density at radius 2 is 2.14 bits per heavy atom. The summed E-state index contributed by atoms with van der Waals surface area (Å²) in [5.41, 5.74) is 1.72. The summed E-state index contributed by atoms with van der Waals surface area (Å²) in [6.45, 7) is 6.91. The second-order valence-electron chi connectivity index (χ2n) is 6.82. The van der Waals surface area contributed by atoms with E-state index in [0.717, 1.165) is 12.1 Å². The first-order valence-electron chi connectivity index (χ1n) is 7.47. The largest absolute Gasteiger partial charge is 0.465 e. The van der Waals surface area contributed by atoms with Crippen LogP contribution in [0.25, 0.3) is 0 Å². The van der Waals surface area contributed by atoms with Gasteiger partial charge in [-0.2, -0.15) is 0 Å². The Morgan fingerprint density at radius 3 is 2.76 bits per heavy atom. The van der Waals surface area contributed by atoms with Crippen molar-refractivity contribution in [1.29, 1.82) is 0 Å². The maximum Gasteiger partial charge on any atom is 0.340 e. The SMILES string of the molecule is COC(=O)c1cc(Cl)ccc1NC1CCC(C)(C)CC1C. The van der Waals surface area contributed by atoms with E-state index in [1.165, 1.54) is 20.0 Å². The first-order valence-corrected chi connectivity index (χ1v) is 7.84. The molecular weight excluding hydrogens is 286 g/mol. The van der Waals surface area contributed by atoms with E-state index in [1.54, 1.807) is 12.1 Å². The molecule has 0 radical (unpaired) electrons. The highest BCUT2D eigenvalue weighted by Crippen LogP contribution is 2.39. The number of ether oxygens (including phenoxy) is 1. The van der Waals surface area contributed by atoms with E-state index in [-0.39, 0.29) is 5.97 Å². The van der Waals surface area contributed by atoms with Crippen molar-refractivity contribution in [2.45, 2.75) is 46.1 Å². The van der Waals surface area contributed by atoms with E-state index in [9.17, 15) is 4.79 Å². The lowest BCUT2D eigenvalue weighted by Gasteiger charge is -2.40. The number of methoxy groups -OCH3 is 1. The predicted octanol–water partition coefficient (Wildman–Crippen LogP) is 4.75. The molecule has 1 N–H and O–H groups in total. The number of rotatable bonds is 3. The topological polar surface area (TPSA) is 38.3 Å². The molecule has 0 amide bonds. The Bertz CT molecular complexity index is 528. The van der Waals surface area contributed by atoms with Crippen LogP contribution in [0.3, 0.4) is 0 Å². The highest BCUT2D eigenvalue weighted by Gasteiger charge is 2.32. The van der Waals surface area contributed by atoms with Crippen LogP contribution in [0.4, 0.5) is 5.69 Å². The van der Waals surface area contributed by atoms with Gasteiger partial charge in [-0.05, 0) is 48.8 Å². The molecule has 2 atom stereocenters. The summed E-state index contributed by atoms with van der Waals surface area (Å²) in [4.78, 5) is 11.9. The van der Waals surface area contributed by atoms with Crippen molar-refractivity contribution < 1.29 is 9.53 Å². The molecule has 1 aliphatic rings. The van der Waals surface area contributed by atoms with Crippen molar-refractivity contribution in [2.24, 2.45) is 11.3 Å². The van der Waals surface area contributed by atoms with Gasteiger partial charge >= 0.3 is 5.97 Å². The van der Waals surface area contributed by atoms with Crippen molar-refractivity contribution in [3.63, 3.8) is 0 Å². The number of nitrogens with one attached hydrogen (secondary N) is 1. The Kier molecular flexibility index (Phi) is 4.82. The van der Waals surface area contributed by atoms with Gasteiger partial charge in [0.15, 0.2) is 0 Å². The zero-order valence-corrected chi connectivity index (χ0v) is 14.0. The van der Waals surface area contributed by atoms with E-state index >= 15 is 0 Å². The molecule has 1 aromatic carbocycles. The lowest BCUT2D eigenvalue weighted by molar-refractivity contribution is 0.0601. The lowest BCUT2D eigenvalue weighted by atomic mass is 9.70. The smallest absolute Gasteiger partial charge is 0.340 e. The van der Waals surface area contributed by atoms with E-state index < -0.39 is 0 Å². The number of carbonyl (C=O) groups is 1. The monoisotopic (exact) mass is 309 g/mol. The fraction of sp³-hybridized carbons (Fsp3) is 0.588. The molecule has 1 aliphatic carbocycles. The maximum atomic E-state index is 11.9. The quantitative estimate of drug-likeness (QED) is 0.819. The zero-order chi connectivity index (χ0) is 15.6. The van der Waals surface area contributed by atoms with E-state index in [2.05, 4.69) is 26.1 Å². The van der Waals surface area contributed by atoms with Gasteiger partial charge in [0, 0.05) is 16.8 Å². The van der Waals surface area contributed by atoms with Gasteiger partial charge in [-0.15, -0.1) is 0 Å². The third-order valence-corrected chi connectivity index (χ3v) is 4.66. The average molecular weight is 310 g/mol. The fourth-order valence-corrected chi connectivity index (χ4v) is 3.45. The van der Waals surface area contributed by atoms with Gasteiger partial charge in [-0.25, -0.2) is 4.79 Å². The Morgan fingerprint density at radius 1 is 1.43 bits per heavy atom. The van der Waals surface area contributed by atoms with Crippen molar-refractivity contribution in [1.82, 2.24) is 0 Å². The molecule has 1 aromatic rings. The summed E-state index contributed by atoms with van der Waals surface area (Å²) in [6.07, 6.45) is 3.49. The van der Waals surface area contributed by atoms with Crippen LogP contribution in [-0.4, -0.2) is 19.1 Å². The van der Waals surface area contributed by atoms with Gasteiger partial charge in [-0.1, -0.05) is 32.4 Å². The van der Waals surface area contributed by atoms with Gasteiger partial charge in [0.25, 0.3) is 0 Å². The molecule has 4 heteroatoms. The predicted molar refractivity (Wildman–Crippen MR) is 87.0 cm³/mol. The van der Waals surface area contributed by atoms with Crippen LogP contribution in [0.1, 0.15) is 50.4 Å². The number of hydrogen-bond donors (Lipinski definition) is 1. The second kappa shape index (κ2) is 6.27. The van der Waals surface area contributed by atoms with Gasteiger partial charge in [0.05, 0.1) is 12.7 Å². The summed E-state index contributed by atoms with van der Waals surface area (Å²) < 4.78 is 4.84. The molecule has 1 saturated carbocycles. The van der Waals surface area contributed by atoms with Crippen molar-refractivity contribution in [3.8, 4) is 0 Å². The van der Waals surface area contributed by atoms with Gasteiger partial charge in [0.1, 0.15) is 0 Å². The summed E-state index contributed by atoms with van der Waals surface area (Å²) >= 11 is 5.99. The highest BCUT2D eigenvalue weighted by atomic mass is 35.5. The van der Waals surface area contributed by atoms with Crippen LogP contribution < -0.4 is 5.32 Å². The number of carbonyl (C=O) groups excluding carboxylic acids is 1. The molecule has 2 unspecified atom stereocenters. The summed E-state index contributed by atoms with van der Waals surface area (Å²) in [5, 5.41) is 4.06. The van der Waals surface area contributed by atoms with E-state index in [0.29, 0.717) is 28.0 Å². The summed E-state index contributed by atoms with van der Waals surface area (Å²) in [7, 11) is 1.39. The van der Waals surface area contributed by atoms with Gasteiger partial charge in [0.2, 0.25) is 0 Å². The first-order chi connectivity index (χ1) is 9.82. The van der Waals surface area contributed by atoms with Crippen molar-refractivity contribution in [3.05, 3.63) is 28.8 Å². The molecule has 0 aromatic heterocycles. The Hall–Kier alpha value is -1.22. The number of anilines is 1. The number of halogens is 1. The summed E-state index contributed by atoms with van der Waals surface area (Å²) in [6, 6.07) is 5.70. The minimum atomic E-state index is -0.358. The maximum absolute atomic E-state index is 11.9. The third-order valence-electron chi connectivity index (χ3n) is 4.42. The molecule has 0 aliphatic heterocycles. The fourth-order valence-electron chi connectivity index (χ4n) is 3.28. The molecule has 0 saturated heterocycles. The normalized spacial score (nSPS) is 24.4. The zero-order valence-electron chi connectivity index (χ0n) is 13.2. The van der Waals surface area contributed by atoms with Crippen LogP contribution in [0.15, 0.2) is 18.2 Å². The number of esters is 1. The molecule has 116 valence electrons. The van der Waals surface area contributed by atoms with Crippen molar-refractivity contribution in [2.75, 3.05) is 12.4 Å². The van der Waals surface area contributed by atoms with E-state index in [4.69, 9.17) is 16.3 Å². The van der Waals surface area contributed by atoms with Crippen LogP contribution >= 0.6 is 11.6 Å². The van der Waals surface area contributed by atoms with Crippen molar-refractivity contribution >= 4 is 23.3 Å². The van der Waals surface area contributed by atoms with Crippen LogP contribution in [0.5, 0.6) is 0 Å². The molecule has 2 rings (SSSR count). The first kappa shape index (κ1) is 16.2. The molecular formula is C17H24ClNO2. The molecule has 3 nitrogen and oxygen atoms in total. The second-order valence-corrected chi connectivity index (χ2v) is 7.25. The minimum absolute atomic E-state index is 0.358. The Balaban J connectivity index is 2.18.